The molecule has 0 aliphatic carbocycles. The fourth-order valence-electron chi connectivity index (χ4n) is 1.82. The molecule has 1 aromatic rings. The Hall–Kier alpha value is -1.55. The maximum absolute atomic E-state index is 11.0. The van der Waals surface area contributed by atoms with E-state index in [4.69, 9.17) is 15.2 Å². The van der Waals surface area contributed by atoms with Crippen molar-refractivity contribution in [2.24, 2.45) is 5.73 Å². The van der Waals surface area contributed by atoms with Crippen LogP contribution < -0.4 is 5.73 Å². The minimum Gasteiger partial charge on any atom is -0.463 e. The third-order valence-corrected chi connectivity index (χ3v) is 3.74. The summed E-state index contributed by atoms with van der Waals surface area (Å²) >= 11 is 1.09. The van der Waals surface area contributed by atoms with Crippen LogP contribution in [0.15, 0.2) is 5.38 Å². The minimum atomic E-state index is -1.22. The van der Waals surface area contributed by atoms with Gasteiger partial charge in [-0.3, -0.25) is 9.59 Å². The van der Waals surface area contributed by atoms with Gasteiger partial charge in [0.15, 0.2) is 0 Å². The molecule has 1 saturated heterocycles. The molecule has 0 bridgehead atoms. The summed E-state index contributed by atoms with van der Waals surface area (Å²) in [5.41, 5.74) is 5.16. The number of hydrogen-bond donors (Lipinski definition) is 3. The fraction of sp³-hybridized carbons (Fsp3) is 0.545. The van der Waals surface area contributed by atoms with E-state index in [0.29, 0.717) is 5.01 Å². The summed E-state index contributed by atoms with van der Waals surface area (Å²) in [5, 5.41) is 21.5. The Balaban J connectivity index is 2.08. The predicted octanol–water partition coefficient (Wildman–Crippen LogP) is -1.03. The molecule has 0 radical (unpaired) electrons. The number of carbonyl (C=O) groups excluding carboxylic acids is 2. The molecular formula is C11H14N2O6S. The Morgan fingerprint density at radius 2 is 2.20 bits per heavy atom. The number of nitrogens with zero attached hydrogens (tertiary/aromatic N) is 1. The number of esters is 1. The highest BCUT2D eigenvalue weighted by molar-refractivity contribution is 7.09. The normalized spacial score (nSPS) is 29.4. The monoisotopic (exact) mass is 302 g/mol. The molecule has 1 aliphatic rings. The summed E-state index contributed by atoms with van der Waals surface area (Å²) in [6, 6.07) is 0. The first-order valence-electron chi connectivity index (χ1n) is 5.80. The largest absolute Gasteiger partial charge is 0.463 e. The maximum atomic E-state index is 11.0. The molecule has 1 aromatic heterocycles. The second-order valence-electron chi connectivity index (χ2n) is 4.31. The lowest BCUT2D eigenvalue weighted by Crippen LogP contribution is -2.33. The van der Waals surface area contributed by atoms with Gasteiger partial charge in [0, 0.05) is 12.3 Å². The first-order chi connectivity index (χ1) is 9.40. The van der Waals surface area contributed by atoms with Gasteiger partial charge < -0.3 is 25.4 Å². The van der Waals surface area contributed by atoms with E-state index in [1.54, 1.807) is 0 Å². The number of thiazole rings is 1. The second-order valence-corrected chi connectivity index (χ2v) is 5.20. The molecule has 20 heavy (non-hydrogen) atoms. The highest BCUT2D eigenvalue weighted by atomic mass is 32.1. The van der Waals surface area contributed by atoms with Crippen molar-refractivity contribution in [2.45, 2.75) is 31.3 Å². The average Bonchev–Trinajstić information content (AvgIpc) is 2.95. The summed E-state index contributed by atoms with van der Waals surface area (Å²) in [4.78, 5) is 25.7. The lowest BCUT2D eigenvalue weighted by Gasteiger charge is -2.13. The number of ether oxygens (including phenoxy) is 2. The van der Waals surface area contributed by atoms with Crippen molar-refractivity contribution in [1.82, 2.24) is 4.98 Å². The predicted molar refractivity (Wildman–Crippen MR) is 66.9 cm³/mol. The molecule has 4 atom stereocenters. The molecule has 1 amide bonds. The Labute approximate surface area is 118 Å². The van der Waals surface area contributed by atoms with E-state index in [1.807, 2.05) is 0 Å². The number of amides is 1. The fourth-order valence-corrected chi connectivity index (χ4v) is 2.70. The first-order valence-corrected chi connectivity index (χ1v) is 6.68. The van der Waals surface area contributed by atoms with E-state index >= 15 is 0 Å². The average molecular weight is 302 g/mol. The van der Waals surface area contributed by atoms with Gasteiger partial charge in [-0.25, -0.2) is 4.98 Å². The van der Waals surface area contributed by atoms with Gasteiger partial charge in [0.2, 0.25) is 0 Å². The third-order valence-electron chi connectivity index (χ3n) is 2.83. The SMILES string of the molecule is CC(=O)OC[C@H]1O[C@@H](c2nc(C(N)=O)cs2)[C@H](O)[C@@H]1O. The van der Waals surface area contributed by atoms with Crippen LogP contribution in [-0.4, -0.2) is 52.0 Å². The zero-order valence-electron chi connectivity index (χ0n) is 10.6. The molecule has 0 unspecified atom stereocenters. The van der Waals surface area contributed by atoms with Crippen LogP contribution in [0, 0.1) is 0 Å². The Morgan fingerprint density at radius 1 is 1.50 bits per heavy atom. The number of aromatic nitrogens is 1. The molecule has 110 valence electrons. The zero-order chi connectivity index (χ0) is 14.9. The lowest BCUT2D eigenvalue weighted by atomic mass is 10.1. The number of rotatable bonds is 4. The lowest BCUT2D eigenvalue weighted by molar-refractivity contribution is -0.146. The highest BCUT2D eigenvalue weighted by Crippen LogP contribution is 2.35. The van der Waals surface area contributed by atoms with Crippen LogP contribution in [0.4, 0.5) is 0 Å². The summed E-state index contributed by atoms with van der Waals surface area (Å²) in [5.74, 6) is -1.19. The number of primary amides is 1. The Bertz CT molecular complexity index is 519. The second kappa shape index (κ2) is 5.83. The van der Waals surface area contributed by atoms with Crippen LogP contribution in [-0.2, 0) is 14.3 Å². The number of nitrogens with two attached hydrogens (primary N) is 1. The van der Waals surface area contributed by atoms with E-state index in [-0.39, 0.29) is 12.3 Å². The molecule has 0 spiro atoms. The quantitative estimate of drug-likeness (QED) is 0.605. The van der Waals surface area contributed by atoms with Gasteiger partial charge in [0.05, 0.1) is 0 Å². The maximum Gasteiger partial charge on any atom is 0.302 e. The summed E-state index contributed by atoms with van der Waals surface area (Å²) < 4.78 is 10.2. The number of hydrogen-bond acceptors (Lipinski definition) is 8. The van der Waals surface area contributed by atoms with Crippen LogP contribution in [0.5, 0.6) is 0 Å². The first kappa shape index (κ1) is 14.9. The van der Waals surface area contributed by atoms with E-state index in [9.17, 15) is 19.8 Å². The molecule has 1 aliphatic heterocycles. The van der Waals surface area contributed by atoms with E-state index < -0.39 is 36.3 Å². The zero-order valence-corrected chi connectivity index (χ0v) is 11.4. The Morgan fingerprint density at radius 3 is 2.75 bits per heavy atom. The van der Waals surface area contributed by atoms with E-state index in [1.165, 1.54) is 12.3 Å². The van der Waals surface area contributed by atoms with Gasteiger partial charge in [-0.2, -0.15) is 0 Å². The van der Waals surface area contributed by atoms with Crippen molar-refractivity contribution in [1.29, 1.82) is 0 Å². The molecule has 8 nitrogen and oxygen atoms in total. The van der Waals surface area contributed by atoms with Crippen molar-refractivity contribution in [2.75, 3.05) is 6.61 Å². The van der Waals surface area contributed by atoms with Crippen LogP contribution in [0.25, 0.3) is 0 Å². The van der Waals surface area contributed by atoms with Crippen LogP contribution in [0.2, 0.25) is 0 Å². The summed E-state index contributed by atoms with van der Waals surface area (Å²) in [7, 11) is 0. The van der Waals surface area contributed by atoms with Gasteiger partial charge in [-0.1, -0.05) is 0 Å². The van der Waals surface area contributed by atoms with Crippen molar-refractivity contribution in [3.63, 3.8) is 0 Å². The van der Waals surface area contributed by atoms with Crippen molar-refractivity contribution >= 4 is 23.2 Å². The molecular weight excluding hydrogens is 288 g/mol. The molecule has 0 saturated carbocycles. The summed E-state index contributed by atoms with van der Waals surface area (Å²) in [6.07, 6.45) is -4.16. The van der Waals surface area contributed by atoms with Gasteiger partial charge in [0.25, 0.3) is 5.91 Å². The molecule has 4 N–H and O–H groups in total. The molecule has 9 heteroatoms. The number of aliphatic hydroxyl groups excluding tert-OH is 2. The highest BCUT2D eigenvalue weighted by Gasteiger charge is 2.45. The minimum absolute atomic E-state index is 0.0683. The van der Waals surface area contributed by atoms with Crippen molar-refractivity contribution in [3.05, 3.63) is 16.1 Å². The van der Waals surface area contributed by atoms with E-state index in [0.717, 1.165) is 11.3 Å². The van der Waals surface area contributed by atoms with Crippen LogP contribution >= 0.6 is 11.3 Å². The van der Waals surface area contributed by atoms with Crippen LogP contribution in [0.1, 0.15) is 28.5 Å². The third kappa shape index (κ3) is 2.96. The summed E-state index contributed by atoms with van der Waals surface area (Å²) in [6.45, 7) is 1.06. The van der Waals surface area contributed by atoms with Gasteiger partial charge in [-0.15, -0.1) is 11.3 Å². The van der Waals surface area contributed by atoms with Gasteiger partial charge in [0.1, 0.15) is 41.7 Å². The molecule has 2 heterocycles. The number of aliphatic hydroxyl groups is 2. The number of carbonyl (C=O) groups is 2. The Kier molecular flexibility index (Phi) is 4.33. The van der Waals surface area contributed by atoms with Crippen molar-refractivity contribution in [3.8, 4) is 0 Å². The van der Waals surface area contributed by atoms with E-state index in [2.05, 4.69) is 4.98 Å². The van der Waals surface area contributed by atoms with Crippen molar-refractivity contribution < 1.29 is 29.3 Å². The topological polar surface area (TPSA) is 132 Å². The van der Waals surface area contributed by atoms with Crippen LogP contribution in [0.3, 0.4) is 0 Å². The van der Waals surface area contributed by atoms with Gasteiger partial charge >= 0.3 is 5.97 Å². The smallest absolute Gasteiger partial charge is 0.302 e. The standard InChI is InChI=1S/C11H14N2O6S/c1-4(14)18-2-6-7(15)8(16)9(19-6)11-13-5(3-20-11)10(12)17/h3,6-9,15-16H,2H2,1H3,(H2,12,17)/t6-,7-,8-,9-/m1/s1. The molecule has 0 aromatic carbocycles. The molecule has 2 rings (SSSR count). The molecule has 1 fully saturated rings. The van der Waals surface area contributed by atoms with Gasteiger partial charge in [-0.05, 0) is 0 Å².